The number of hydrogen-bond acceptors (Lipinski definition) is 2. The number of anilines is 1. The molecule has 1 aromatic heterocycles. The number of nitrogens with zero attached hydrogens (tertiary/aromatic N) is 2. The Balaban J connectivity index is 1.82. The Hall–Kier alpha value is -2.50. The Bertz CT molecular complexity index is 806. The lowest BCUT2D eigenvalue weighted by Crippen LogP contribution is -2.11. The lowest BCUT2D eigenvalue weighted by Gasteiger charge is -2.14. The van der Waals surface area contributed by atoms with Crippen LogP contribution in [0.3, 0.4) is 0 Å². The molecule has 0 aliphatic heterocycles. The largest absolute Gasteiger partial charge is 0.416 e. The molecule has 0 saturated carbocycles. The van der Waals surface area contributed by atoms with E-state index in [1.54, 1.807) is 16.9 Å². The van der Waals surface area contributed by atoms with Crippen molar-refractivity contribution in [2.75, 3.05) is 5.32 Å². The SMILES string of the molecule is Cn1ncc2cc(NCc3ccccc3C(F)(F)F)ccc21. The van der Waals surface area contributed by atoms with Gasteiger partial charge in [-0.3, -0.25) is 4.68 Å². The lowest BCUT2D eigenvalue weighted by molar-refractivity contribution is -0.138. The van der Waals surface area contributed by atoms with Gasteiger partial charge in [0.15, 0.2) is 0 Å². The van der Waals surface area contributed by atoms with Gasteiger partial charge in [-0.05, 0) is 29.8 Å². The summed E-state index contributed by atoms with van der Waals surface area (Å²) < 4.78 is 40.6. The van der Waals surface area contributed by atoms with Gasteiger partial charge in [0.05, 0.1) is 17.3 Å². The molecule has 0 aliphatic rings. The molecule has 3 nitrogen and oxygen atoms in total. The molecule has 1 N–H and O–H groups in total. The predicted molar refractivity (Wildman–Crippen MR) is 79.5 cm³/mol. The van der Waals surface area contributed by atoms with E-state index in [0.717, 1.165) is 22.7 Å². The minimum absolute atomic E-state index is 0.113. The summed E-state index contributed by atoms with van der Waals surface area (Å²) in [5.74, 6) is 0. The molecule has 6 heteroatoms. The number of aryl methyl sites for hydroxylation is 1. The highest BCUT2D eigenvalue weighted by molar-refractivity contribution is 5.82. The number of nitrogens with one attached hydrogen (secondary N) is 1. The third-order valence-electron chi connectivity index (χ3n) is 3.55. The Labute approximate surface area is 125 Å². The highest BCUT2D eigenvalue weighted by Gasteiger charge is 2.32. The van der Waals surface area contributed by atoms with Crippen LogP contribution >= 0.6 is 0 Å². The van der Waals surface area contributed by atoms with Gasteiger partial charge in [-0.1, -0.05) is 18.2 Å². The molecule has 0 atom stereocenters. The highest BCUT2D eigenvalue weighted by Crippen LogP contribution is 2.32. The summed E-state index contributed by atoms with van der Waals surface area (Å²) in [5, 5.41) is 8.12. The molecule has 0 saturated heterocycles. The quantitative estimate of drug-likeness (QED) is 0.786. The molecule has 1 heterocycles. The summed E-state index contributed by atoms with van der Waals surface area (Å²) >= 11 is 0. The second-order valence-corrected chi connectivity index (χ2v) is 5.05. The van der Waals surface area contributed by atoms with Crippen molar-refractivity contribution in [3.05, 3.63) is 59.8 Å². The topological polar surface area (TPSA) is 29.9 Å². The van der Waals surface area contributed by atoms with Crippen LogP contribution in [0.5, 0.6) is 0 Å². The second kappa shape index (κ2) is 5.36. The van der Waals surface area contributed by atoms with Crippen LogP contribution in [0, 0.1) is 0 Å². The van der Waals surface area contributed by atoms with Crippen molar-refractivity contribution in [2.24, 2.45) is 7.05 Å². The average Bonchev–Trinajstić information content (AvgIpc) is 2.85. The van der Waals surface area contributed by atoms with Crippen LogP contribution in [-0.2, 0) is 19.8 Å². The van der Waals surface area contributed by atoms with Crippen molar-refractivity contribution in [3.63, 3.8) is 0 Å². The fourth-order valence-corrected chi connectivity index (χ4v) is 2.42. The minimum Gasteiger partial charge on any atom is -0.381 e. The zero-order chi connectivity index (χ0) is 15.7. The molecule has 0 unspecified atom stereocenters. The van der Waals surface area contributed by atoms with E-state index in [9.17, 15) is 13.2 Å². The van der Waals surface area contributed by atoms with E-state index in [4.69, 9.17) is 0 Å². The minimum atomic E-state index is -4.34. The smallest absolute Gasteiger partial charge is 0.381 e. The van der Waals surface area contributed by atoms with E-state index >= 15 is 0 Å². The summed E-state index contributed by atoms with van der Waals surface area (Å²) in [4.78, 5) is 0. The summed E-state index contributed by atoms with van der Waals surface area (Å²) in [6.45, 7) is 0.113. The molecule has 22 heavy (non-hydrogen) atoms. The molecule has 0 radical (unpaired) electrons. The maximum atomic E-state index is 12.9. The fourth-order valence-electron chi connectivity index (χ4n) is 2.42. The maximum absolute atomic E-state index is 12.9. The molecule has 3 aromatic rings. The van der Waals surface area contributed by atoms with Gasteiger partial charge in [0.25, 0.3) is 0 Å². The van der Waals surface area contributed by atoms with Crippen LogP contribution in [-0.4, -0.2) is 9.78 Å². The average molecular weight is 305 g/mol. The first-order valence-electron chi connectivity index (χ1n) is 6.76. The second-order valence-electron chi connectivity index (χ2n) is 5.05. The molecule has 0 amide bonds. The molecule has 2 aromatic carbocycles. The molecule has 114 valence electrons. The molecule has 0 spiro atoms. The van der Waals surface area contributed by atoms with Crippen LogP contribution in [0.25, 0.3) is 10.9 Å². The zero-order valence-electron chi connectivity index (χ0n) is 11.9. The van der Waals surface area contributed by atoms with Gasteiger partial charge in [-0.15, -0.1) is 0 Å². The van der Waals surface area contributed by atoms with Crippen LogP contribution in [0.1, 0.15) is 11.1 Å². The van der Waals surface area contributed by atoms with Gasteiger partial charge < -0.3 is 5.32 Å². The van der Waals surface area contributed by atoms with E-state index in [0.29, 0.717) is 0 Å². The molecule has 0 bridgehead atoms. The number of fused-ring (bicyclic) bond motifs is 1. The maximum Gasteiger partial charge on any atom is 0.416 e. The normalized spacial score (nSPS) is 11.8. The Morgan fingerprint density at radius 3 is 2.68 bits per heavy atom. The predicted octanol–water partition coefficient (Wildman–Crippen LogP) is 4.20. The fraction of sp³-hybridized carbons (Fsp3) is 0.188. The van der Waals surface area contributed by atoms with E-state index in [1.165, 1.54) is 12.1 Å². The number of hydrogen-bond donors (Lipinski definition) is 1. The number of benzene rings is 2. The first-order chi connectivity index (χ1) is 10.4. The van der Waals surface area contributed by atoms with Crippen LogP contribution in [0.2, 0.25) is 0 Å². The van der Waals surface area contributed by atoms with Gasteiger partial charge >= 0.3 is 6.18 Å². The standard InChI is InChI=1S/C16H14F3N3/c1-22-15-7-6-13(8-12(15)10-21-22)20-9-11-4-2-3-5-14(11)16(17,18)19/h2-8,10,20H,9H2,1H3. The van der Waals surface area contributed by atoms with Crippen molar-refractivity contribution < 1.29 is 13.2 Å². The number of aromatic nitrogens is 2. The molecular weight excluding hydrogens is 291 g/mol. The number of rotatable bonds is 3. The van der Waals surface area contributed by atoms with Gasteiger partial charge in [0.2, 0.25) is 0 Å². The first kappa shape index (κ1) is 14.4. The van der Waals surface area contributed by atoms with Gasteiger partial charge in [-0.25, -0.2) is 0 Å². The number of halogens is 3. The Kier molecular flexibility index (Phi) is 3.52. The van der Waals surface area contributed by atoms with Crippen LogP contribution < -0.4 is 5.32 Å². The monoisotopic (exact) mass is 305 g/mol. The zero-order valence-corrected chi connectivity index (χ0v) is 11.9. The van der Waals surface area contributed by atoms with Crippen molar-refractivity contribution in [3.8, 4) is 0 Å². The van der Waals surface area contributed by atoms with Gasteiger partial charge in [-0.2, -0.15) is 18.3 Å². The van der Waals surface area contributed by atoms with E-state index in [1.807, 2.05) is 25.2 Å². The van der Waals surface area contributed by atoms with Crippen molar-refractivity contribution in [2.45, 2.75) is 12.7 Å². The van der Waals surface area contributed by atoms with Crippen LogP contribution in [0.4, 0.5) is 18.9 Å². The first-order valence-corrected chi connectivity index (χ1v) is 6.76. The van der Waals surface area contributed by atoms with Crippen LogP contribution in [0.15, 0.2) is 48.7 Å². The van der Waals surface area contributed by atoms with E-state index in [2.05, 4.69) is 10.4 Å². The number of alkyl halides is 3. The molecule has 0 fully saturated rings. The van der Waals surface area contributed by atoms with E-state index < -0.39 is 11.7 Å². The highest BCUT2D eigenvalue weighted by atomic mass is 19.4. The molecule has 3 rings (SSSR count). The van der Waals surface area contributed by atoms with Crippen molar-refractivity contribution in [1.82, 2.24) is 9.78 Å². The molecular formula is C16H14F3N3. The Morgan fingerprint density at radius 1 is 1.14 bits per heavy atom. The lowest BCUT2D eigenvalue weighted by atomic mass is 10.1. The van der Waals surface area contributed by atoms with E-state index in [-0.39, 0.29) is 12.1 Å². The third kappa shape index (κ3) is 2.77. The van der Waals surface area contributed by atoms with Crippen molar-refractivity contribution >= 4 is 16.6 Å². The Morgan fingerprint density at radius 2 is 1.91 bits per heavy atom. The summed E-state index contributed by atoms with van der Waals surface area (Å²) in [6.07, 6.45) is -2.62. The van der Waals surface area contributed by atoms with Gasteiger partial charge in [0.1, 0.15) is 0 Å². The van der Waals surface area contributed by atoms with Crippen molar-refractivity contribution in [1.29, 1.82) is 0 Å². The molecule has 0 aliphatic carbocycles. The summed E-state index contributed by atoms with van der Waals surface area (Å²) in [5.41, 5.74) is 1.35. The van der Waals surface area contributed by atoms with Gasteiger partial charge in [0, 0.05) is 24.7 Å². The summed E-state index contributed by atoms with van der Waals surface area (Å²) in [6, 6.07) is 11.2. The summed E-state index contributed by atoms with van der Waals surface area (Å²) in [7, 11) is 1.84. The third-order valence-corrected chi connectivity index (χ3v) is 3.55.